The van der Waals surface area contributed by atoms with E-state index in [1.807, 2.05) is 47.4 Å². The standard InChI is InChI=1S/C20H23NO4S/c1-23-15-6-4-14(5-7-15)12-19(22)21-10-11-26-20(21)17-13-16(24-2)8-9-18(17)25-3/h4-9,13,20H,10-12H2,1-3H3. The second-order valence-electron chi connectivity index (χ2n) is 5.94. The molecule has 2 aromatic carbocycles. The lowest BCUT2D eigenvalue weighted by Gasteiger charge is -2.26. The molecule has 1 atom stereocenters. The van der Waals surface area contributed by atoms with Crippen LogP contribution >= 0.6 is 11.8 Å². The molecule has 0 saturated carbocycles. The topological polar surface area (TPSA) is 48.0 Å². The zero-order valence-electron chi connectivity index (χ0n) is 15.2. The number of hydrogen-bond donors (Lipinski definition) is 0. The smallest absolute Gasteiger partial charge is 0.228 e. The summed E-state index contributed by atoms with van der Waals surface area (Å²) in [5.74, 6) is 3.33. The van der Waals surface area contributed by atoms with Crippen molar-refractivity contribution in [2.75, 3.05) is 33.6 Å². The van der Waals surface area contributed by atoms with Crippen LogP contribution in [0.25, 0.3) is 0 Å². The van der Waals surface area contributed by atoms with Crippen molar-refractivity contribution in [1.82, 2.24) is 4.90 Å². The van der Waals surface area contributed by atoms with Crippen LogP contribution in [-0.2, 0) is 11.2 Å². The first-order valence-corrected chi connectivity index (χ1v) is 9.47. The second kappa shape index (κ2) is 8.36. The van der Waals surface area contributed by atoms with Gasteiger partial charge in [0.25, 0.3) is 0 Å². The molecule has 6 heteroatoms. The van der Waals surface area contributed by atoms with Gasteiger partial charge in [-0.1, -0.05) is 12.1 Å². The van der Waals surface area contributed by atoms with Gasteiger partial charge in [-0.05, 0) is 35.9 Å². The van der Waals surface area contributed by atoms with E-state index < -0.39 is 0 Å². The van der Waals surface area contributed by atoms with Crippen LogP contribution in [-0.4, -0.2) is 44.4 Å². The van der Waals surface area contributed by atoms with Gasteiger partial charge in [-0.25, -0.2) is 0 Å². The molecule has 1 fully saturated rings. The molecule has 138 valence electrons. The Morgan fingerprint density at radius 3 is 2.38 bits per heavy atom. The fourth-order valence-corrected chi connectivity index (χ4v) is 4.33. The van der Waals surface area contributed by atoms with Gasteiger partial charge in [0.15, 0.2) is 0 Å². The van der Waals surface area contributed by atoms with E-state index in [0.717, 1.165) is 40.7 Å². The molecular weight excluding hydrogens is 350 g/mol. The summed E-state index contributed by atoms with van der Waals surface area (Å²) in [4.78, 5) is 14.8. The van der Waals surface area contributed by atoms with Crippen molar-refractivity contribution in [2.24, 2.45) is 0 Å². The number of benzene rings is 2. The normalized spacial score (nSPS) is 16.4. The number of rotatable bonds is 6. The predicted molar refractivity (Wildman–Crippen MR) is 103 cm³/mol. The third-order valence-corrected chi connectivity index (χ3v) is 5.67. The lowest BCUT2D eigenvalue weighted by molar-refractivity contribution is -0.130. The van der Waals surface area contributed by atoms with Crippen molar-refractivity contribution in [3.63, 3.8) is 0 Å². The summed E-state index contributed by atoms with van der Waals surface area (Å²) in [7, 11) is 4.92. The summed E-state index contributed by atoms with van der Waals surface area (Å²) >= 11 is 1.75. The molecule has 1 saturated heterocycles. The molecule has 0 radical (unpaired) electrons. The Kier molecular flexibility index (Phi) is 5.93. The third-order valence-electron chi connectivity index (χ3n) is 4.43. The highest BCUT2D eigenvalue weighted by Crippen LogP contribution is 2.43. The van der Waals surface area contributed by atoms with Gasteiger partial charge >= 0.3 is 0 Å². The quantitative estimate of drug-likeness (QED) is 0.775. The molecule has 1 heterocycles. The molecule has 26 heavy (non-hydrogen) atoms. The molecule has 2 aromatic rings. The summed E-state index contributed by atoms with van der Waals surface area (Å²) in [6.45, 7) is 0.727. The lowest BCUT2D eigenvalue weighted by atomic mass is 10.1. The van der Waals surface area contributed by atoms with Gasteiger partial charge in [0.2, 0.25) is 5.91 Å². The minimum absolute atomic E-state index is 0.0641. The summed E-state index contributed by atoms with van der Waals surface area (Å²) in [6, 6.07) is 13.3. The average Bonchev–Trinajstić information content (AvgIpc) is 3.18. The highest BCUT2D eigenvalue weighted by Gasteiger charge is 2.32. The van der Waals surface area contributed by atoms with Crippen LogP contribution in [0.2, 0.25) is 0 Å². The first-order valence-electron chi connectivity index (χ1n) is 8.42. The van der Waals surface area contributed by atoms with Crippen molar-refractivity contribution in [3.05, 3.63) is 53.6 Å². The van der Waals surface area contributed by atoms with Gasteiger partial charge in [0, 0.05) is 17.9 Å². The Morgan fingerprint density at radius 1 is 1.04 bits per heavy atom. The van der Waals surface area contributed by atoms with Crippen molar-refractivity contribution >= 4 is 17.7 Å². The number of carbonyl (C=O) groups excluding carboxylic acids is 1. The van der Waals surface area contributed by atoms with Crippen LogP contribution in [0.4, 0.5) is 0 Å². The van der Waals surface area contributed by atoms with Crippen molar-refractivity contribution in [2.45, 2.75) is 11.8 Å². The second-order valence-corrected chi connectivity index (χ2v) is 7.13. The fraction of sp³-hybridized carbons (Fsp3) is 0.350. The van der Waals surface area contributed by atoms with E-state index in [1.54, 1.807) is 33.1 Å². The molecule has 1 aliphatic rings. The van der Waals surface area contributed by atoms with Gasteiger partial charge < -0.3 is 19.1 Å². The Morgan fingerprint density at radius 2 is 1.73 bits per heavy atom. The largest absolute Gasteiger partial charge is 0.497 e. The van der Waals surface area contributed by atoms with Gasteiger partial charge in [-0.3, -0.25) is 4.79 Å². The summed E-state index contributed by atoms with van der Waals surface area (Å²) in [5.41, 5.74) is 1.95. The zero-order chi connectivity index (χ0) is 18.5. The molecule has 1 aliphatic heterocycles. The van der Waals surface area contributed by atoms with Crippen LogP contribution in [0.5, 0.6) is 17.2 Å². The van der Waals surface area contributed by atoms with Gasteiger partial charge in [0.05, 0.1) is 27.8 Å². The summed E-state index contributed by atoms with van der Waals surface area (Å²) in [6.07, 6.45) is 0.368. The summed E-state index contributed by atoms with van der Waals surface area (Å²) < 4.78 is 16.0. The van der Waals surface area contributed by atoms with Crippen molar-refractivity contribution in [1.29, 1.82) is 0 Å². The highest BCUT2D eigenvalue weighted by molar-refractivity contribution is 7.99. The van der Waals surface area contributed by atoms with E-state index in [9.17, 15) is 4.79 Å². The zero-order valence-corrected chi connectivity index (χ0v) is 16.0. The number of methoxy groups -OCH3 is 3. The van der Waals surface area contributed by atoms with Crippen LogP contribution in [0.1, 0.15) is 16.5 Å². The fourth-order valence-electron chi connectivity index (χ4n) is 3.04. The highest BCUT2D eigenvalue weighted by atomic mass is 32.2. The Bertz CT molecular complexity index is 763. The van der Waals surface area contributed by atoms with E-state index >= 15 is 0 Å². The first-order chi connectivity index (χ1) is 12.7. The van der Waals surface area contributed by atoms with E-state index in [1.165, 1.54) is 0 Å². The number of amides is 1. The SMILES string of the molecule is COc1ccc(CC(=O)N2CCSC2c2cc(OC)ccc2OC)cc1. The van der Waals surface area contributed by atoms with Gasteiger partial charge in [-0.15, -0.1) is 11.8 Å². The number of ether oxygens (including phenoxy) is 3. The Labute approximate surface area is 158 Å². The van der Waals surface area contributed by atoms with Crippen LogP contribution in [0.15, 0.2) is 42.5 Å². The van der Waals surface area contributed by atoms with Crippen molar-refractivity contribution < 1.29 is 19.0 Å². The number of hydrogen-bond acceptors (Lipinski definition) is 5. The van der Waals surface area contributed by atoms with Crippen molar-refractivity contribution in [3.8, 4) is 17.2 Å². The summed E-state index contributed by atoms with van der Waals surface area (Å²) in [5, 5.41) is -0.0641. The van der Waals surface area contributed by atoms with E-state index in [-0.39, 0.29) is 11.3 Å². The van der Waals surface area contributed by atoms with Crippen LogP contribution in [0, 0.1) is 0 Å². The molecule has 0 aliphatic carbocycles. The monoisotopic (exact) mass is 373 g/mol. The van der Waals surface area contributed by atoms with Crippen LogP contribution in [0.3, 0.4) is 0 Å². The molecule has 0 bridgehead atoms. The third kappa shape index (κ3) is 3.90. The molecule has 0 aromatic heterocycles. The first kappa shape index (κ1) is 18.5. The number of nitrogens with zero attached hydrogens (tertiary/aromatic N) is 1. The van der Waals surface area contributed by atoms with Crippen LogP contribution < -0.4 is 14.2 Å². The van der Waals surface area contributed by atoms with Gasteiger partial charge in [0.1, 0.15) is 22.6 Å². The van der Waals surface area contributed by atoms with E-state index in [4.69, 9.17) is 14.2 Å². The Hall–Kier alpha value is -2.34. The number of carbonyl (C=O) groups is 1. The minimum atomic E-state index is -0.0641. The molecule has 5 nitrogen and oxygen atoms in total. The van der Waals surface area contributed by atoms with E-state index in [0.29, 0.717) is 6.42 Å². The maximum atomic E-state index is 12.9. The minimum Gasteiger partial charge on any atom is -0.497 e. The lowest BCUT2D eigenvalue weighted by Crippen LogP contribution is -2.31. The maximum absolute atomic E-state index is 12.9. The number of thioether (sulfide) groups is 1. The van der Waals surface area contributed by atoms with Gasteiger partial charge in [-0.2, -0.15) is 0 Å². The maximum Gasteiger partial charge on any atom is 0.228 e. The molecule has 0 spiro atoms. The Balaban J connectivity index is 1.80. The molecule has 1 amide bonds. The molecule has 0 N–H and O–H groups in total. The molecular formula is C20H23NO4S. The average molecular weight is 373 g/mol. The molecule has 3 rings (SSSR count). The van der Waals surface area contributed by atoms with E-state index in [2.05, 4.69) is 0 Å². The molecule has 1 unspecified atom stereocenters. The predicted octanol–water partition coefficient (Wildman–Crippen LogP) is 3.53.